The summed E-state index contributed by atoms with van der Waals surface area (Å²) in [4.78, 5) is 49.0. The first-order valence-electron chi connectivity index (χ1n) is 10.9. The molecular formula is C22H35N5O5S. The highest BCUT2D eigenvalue weighted by Gasteiger charge is 2.28. The molecule has 1 rings (SSSR count). The van der Waals surface area contributed by atoms with Gasteiger partial charge in [-0.3, -0.25) is 19.2 Å². The Labute approximate surface area is 198 Å². The molecule has 11 heteroatoms. The molecule has 0 aromatic heterocycles. The molecule has 0 bridgehead atoms. The van der Waals surface area contributed by atoms with Crippen LogP contribution in [0.4, 0.5) is 0 Å². The van der Waals surface area contributed by atoms with Crippen molar-refractivity contribution in [1.29, 1.82) is 0 Å². The molecule has 0 aliphatic rings. The van der Waals surface area contributed by atoms with Crippen molar-refractivity contribution >= 4 is 35.5 Å². The van der Waals surface area contributed by atoms with Gasteiger partial charge in [0.15, 0.2) is 0 Å². The predicted molar refractivity (Wildman–Crippen MR) is 129 cm³/mol. The minimum Gasteiger partial charge on any atom is -0.480 e. The number of benzene rings is 1. The van der Waals surface area contributed by atoms with E-state index in [0.717, 1.165) is 5.56 Å². The van der Waals surface area contributed by atoms with Gasteiger partial charge in [-0.25, -0.2) is 0 Å². The molecule has 184 valence electrons. The Morgan fingerprint density at radius 2 is 1.64 bits per heavy atom. The number of thioether (sulfide) groups is 1. The summed E-state index contributed by atoms with van der Waals surface area (Å²) < 4.78 is 0. The van der Waals surface area contributed by atoms with E-state index in [0.29, 0.717) is 38.0 Å². The number of amides is 3. The molecule has 0 saturated carbocycles. The van der Waals surface area contributed by atoms with Crippen molar-refractivity contribution in [2.45, 2.75) is 50.2 Å². The number of nitrogens with one attached hydrogen (secondary N) is 3. The lowest BCUT2D eigenvalue weighted by Gasteiger charge is -2.24. The monoisotopic (exact) mass is 481 g/mol. The van der Waals surface area contributed by atoms with Crippen molar-refractivity contribution in [3.05, 3.63) is 35.9 Å². The van der Waals surface area contributed by atoms with E-state index in [1.54, 1.807) is 36.0 Å². The Balaban J connectivity index is 2.94. The minimum atomic E-state index is -1.20. The third-order valence-electron chi connectivity index (χ3n) is 4.88. The van der Waals surface area contributed by atoms with Gasteiger partial charge in [0.05, 0.1) is 6.04 Å². The topological polar surface area (TPSA) is 177 Å². The van der Waals surface area contributed by atoms with Gasteiger partial charge < -0.3 is 32.5 Å². The van der Waals surface area contributed by atoms with Crippen LogP contribution in [-0.4, -0.2) is 72.0 Å². The molecule has 1 aromatic carbocycles. The number of hydrogen-bond donors (Lipinski definition) is 6. The summed E-state index contributed by atoms with van der Waals surface area (Å²) >= 11 is 1.57. The smallest absolute Gasteiger partial charge is 0.322 e. The van der Waals surface area contributed by atoms with Gasteiger partial charge in [-0.15, -0.1) is 0 Å². The number of carbonyl (C=O) groups is 4. The van der Waals surface area contributed by atoms with E-state index in [2.05, 4.69) is 16.0 Å². The van der Waals surface area contributed by atoms with Crippen LogP contribution in [0.5, 0.6) is 0 Å². The highest BCUT2D eigenvalue weighted by molar-refractivity contribution is 7.98. The van der Waals surface area contributed by atoms with Gasteiger partial charge in [-0.1, -0.05) is 30.3 Å². The first-order valence-corrected chi connectivity index (χ1v) is 12.3. The van der Waals surface area contributed by atoms with Crippen LogP contribution in [0.3, 0.4) is 0 Å². The first kappa shape index (κ1) is 28.4. The Bertz CT molecular complexity index is 765. The van der Waals surface area contributed by atoms with Crippen LogP contribution in [0.1, 0.15) is 31.2 Å². The number of carbonyl (C=O) groups excluding carboxylic acids is 3. The second-order valence-corrected chi connectivity index (χ2v) is 8.58. The summed E-state index contributed by atoms with van der Waals surface area (Å²) in [7, 11) is 0. The van der Waals surface area contributed by atoms with Crippen LogP contribution in [0.15, 0.2) is 30.3 Å². The zero-order chi connectivity index (χ0) is 24.6. The molecule has 3 amide bonds. The summed E-state index contributed by atoms with van der Waals surface area (Å²) in [6.07, 6.45) is 4.15. The SMILES string of the molecule is CSCCC(N)C(=O)NC(CCCCN)C(=O)NC(Cc1ccccc1)C(=O)NCC(=O)O. The fourth-order valence-electron chi connectivity index (χ4n) is 3.03. The normalized spacial score (nSPS) is 13.4. The van der Waals surface area contributed by atoms with Crippen LogP contribution in [0.2, 0.25) is 0 Å². The van der Waals surface area contributed by atoms with Crippen molar-refractivity contribution < 1.29 is 24.3 Å². The predicted octanol–water partition coefficient (Wildman–Crippen LogP) is -0.391. The zero-order valence-corrected chi connectivity index (χ0v) is 19.7. The lowest BCUT2D eigenvalue weighted by atomic mass is 10.0. The van der Waals surface area contributed by atoms with Gasteiger partial charge in [-0.2, -0.15) is 11.8 Å². The van der Waals surface area contributed by atoms with Crippen LogP contribution in [0.25, 0.3) is 0 Å². The summed E-state index contributed by atoms with van der Waals surface area (Å²) in [6, 6.07) is 6.37. The molecule has 1 aromatic rings. The fourth-order valence-corrected chi connectivity index (χ4v) is 3.52. The lowest BCUT2D eigenvalue weighted by molar-refractivity contribution is -0.138. The number of nitrogens with two attached hydrogens (primary N) is 2. The third-order valence-corrected chi connectivity index (χ3v) is 5.52. The molecule has 0 saturated heterocycles. The van der Waals surface area contributed by atoms with Crippen molar-refractivity contribution in [3.63, 3.8) is 0 Å². The Morgan fingerprint density at radius 3 is 2.24 bits per heavy atom. The maximum atomic E-state index is 13.1. The molecule has 0 spiro atoms. The largest absolute Gasteiger partial charge is 0.480 e. The van der Waals surface area contributed by atoms with Crippen LogP contribution >= 0.6 is 11.8 Å². The number of carboxylic acid groups (broad SMARTS) is 1. The molecule has 0 radical (unpaired) electrons. The molecule has 8 N–H and O–H groups in total. The Morgan fingerprint density at radius 1 is 0.970 bits per heavy atom. The second kappa shape index (κ2) is 16.1. The third kappa shape index (κ3) is 11.7. The molecule has 10 nitrogen and oxygen atoms in total. The van der Waals surface area contributed by atoms with Crippen molar-refractivity contribution in [2.24, 2.45) is 11.5 Å². The maximum absolute atomic E-state index is 13.1. The highest BCUT2D eigenvalue weighted by atomic mass is 32.2. The molecule has 3 atom stereocenters. The van der Waals surface area contributed by atoms with E-state index >= 15 is 0 Å². The Kier molecular flexibility index (Phi) is 13.8. The van der Waals surface area contributed by atoms with Gasteiger partial charge in [0.1, 0.15) is 18.6 Å². The number of hydrogen-bond acceptors (Lipinski definition) is 7. The molecule has 0 heterocycles. The van der Waals surface area contributed by atoms with E-state index in [9.17, 15) is 19.2 Å². The molecule has 0 fully saturated rings. The van der Waals surface area contributed by atoms with Crippen LogP contribution in [-0.2, 0) is 25.6 Å². The Hall–Kier alpha value is -2.63. The molecule has 0 aliphatic carbocycles. The molecule has 3 unspecified atom stereocenters. The summed E-state index contributed by atoms with van der Waals surface area (Å²) in [6.45, 7) is -0.120. The quantitative estimate of drug-likeness (QED) is 0.173. The van der Waals surface area contributed by atoms with E-state index < -0.39 is 48.4 Å². The standard InChI is InChI=1S/C22H35N5O5S/c1-33-12-10-16(24)20(30)26-17(9-5-6-11-23)22(32)27-18(21(31)25-14-19(28)29)13-15-7-3-2-4-8-15/h2-4,7-8,16-18H,5-6,9-14,23-24H2,1H3,(H,25,31)(H,26,30)(H,27,32)(H,28,29). The van der Waals surface area contributed by atoms with E-state index in [1.165, 1.54) is 0 Å². The average molecular weight is 482 g/mol. The molecule has 33 heavy (non-hydrogen) atoms. The van der Waals surface area contributed by atoms with Gasteiger partial charge in [0, 0.05) is 6.42 Å². The zero-order valence-electron chi connectivity index (χ0n) is 18.9. The maximum Gasteiger partial charge on any atom is 0.322 e. The van der Waals surface area contributed by atoms with Crippen molar-refractivity contribution in [3.8, 4) is 0 Å². The van der Waals surface area contributed by atoms with Crippen molar-refractivity contribution in [1.82, 2.24) is 16.0 Å². The number of rotatable bonds is 16. The van der Waals surface area contributed by atoms with Gasteiger partial charge in [0.2, 0.25) is 17.7 Å². The summed E-state index contributed by atoms with van der Waals surface area (Å²) in [5, 5.41) is 16.5. The average Bonchev–Trinajstić information content (AvgIpc) is 2.80. The van der Waals surface area contributed by atoms with E-state index in [1.807, 2.05) is 12.3 Å². The number of unbranched alkanes of at least 4 members (excludes halogenated alkanes) is 1. The van der Waals surface area contributed by atoms with Crippen LogP contribution in [0, 0.1) is 0 Å². The summed E-state index contributed by atoms with van der Waals surface area (Å²) in [5.74, 6) is -2.09. The first-order chi connectivity index (χ1) is 15.8. The second-order valence-electron chi connectivity index (χ2n) is 7.60. The number of carboxylic acids is 1. The van der Waals surface area contributed by atoms with Crippen LogP contribution < -0.4 is 27.4 Å². The molecule has 0 aliphatic heterocycles. The van der Waals surface area contributed by atoms with Gasteiger partial charge in [0.25, 0.3) is 0 Å². The van der Waals surface area contributed by atoms with Gasteiger partial charge in [-0.05, 0) is 49.8 Å². The highest BCUT2D eigenvalue weighted by Crippen LogP contribution is 2.07. The fraction of sp³-hybridized carbons (Fsp3) is 0.545. The van der Waals surface area contributed by atoms with E-state index in [-0.39, 0.29) is 6.42 Å². The van der Waals surface area contributed by atoms with E-state index in [4.69, 9.17) is 16.6 Å². The lowest BCUT2D eigenvalue weighted by Crippen LogP contribution is -2.56. The molecular weight excluding hydrogens is 446 g/mol. The minimum absolute atomic E-state index is 0.161. The van der Waals surface area contributed by atoms with Crippen molar-refractivity contribution in [2.75, 3.05) is 25.1 Å². The summed E-state index contributed by atoms with van der Waals surface area (Å²) in [5.41, 5.74) is 12.3. The van der Waals surface area contributed by atoms with Gasteiger partial charge >= 0.3 is 5.97 Å². The number of aliphatic carboxylic acids is 1.